The van der Waals surface area contributed by atoms with E-state index in [2.05, 4.69) is 6.92 Å². The van der Waals surface area contributed by atoms with Crippen LogP contribution in [0.2, 0.25) is 0 Å². The predicted molar refractivity (Wildman–Crippen MR) is 112 cm³/mol. The minimum Gasteiger partial charge on any atom is -0.454 e. The molecule has 1 unspecified atom stereocenters. The Morgan fingerprint density at radius 3 is 2.23 bits per heavy atom. The molecule has 8 heteroatoms. The molecule has 164 valence electrons. The number of aryl methyl sites for hydroxylation is 2. The highest BCUT2D eigenvalue weighted by atomic mass is 31.2. The van der Waals surface area contributed by atoms with Crippen molar-refractivity contribution in [1.82, 2.24) is 5.25 Å². The zero-order valence-electron chi connectivity index (χ0n) is 17.4. The van der Waals surface area contributed by atoms with Crippen LogP contribution >= 0.6 is 7.52 Å². The summed E-state index contributed by atoms with van der Waals surface area (Å²) >= 11 is 0. The van der Waals surface area contributed by atoms with E-state index < -0.39 is 19.2 Å². The maximum Gasteiger partial charge on any atom is 0.319 e. The molecule has 1 saturated carbocycles. The summed E-state index contributed by atoms with van der Waals surface area (Å²) < 4.78 is 47.2. The number of halogens is 2. The van der Waals surface area contributed by atoms with E-state index in [1.807, 2.05) is 0 Å². The minimum atomic E-state index is -4.11. The summed E-state index contributed by atoms with van der Waals surface area (Å²) in [6.45, 7) is 5.41. The Kier molecular flexibility index (Phi) is 6.98. The summed E-state index contributed by atoms with van der Waals surface area (Å²) in [6, 6.07) is 5.77. The molecule has 30 heavy (non-hydrogen) atoms. The van der Waals surface area contributed by atoms with Gasteiger partial charge in [0.15, 0.2) is 11.6 Å². The van der Waals surface area contributed by atoms with E-state index in [1.165, 1.54) is 23.4 Å². The Bertz CT molecular complexity index is 951. The fourth-order valence-corrected chi connectivity index (χ4v) is 5.11. The number of nitrogens with one attached hydrogen (secondary N) is 1. The zero-order valence-corrected chi connectivity index (χ0v) is 18.3. The predicted octanol–water partition coefficient (Wildman–Crippen LogP) is 5.85. The van der Waals surface area contributed by atoms with Gasteiger partial charge in [-0.05, 0) is 86.3 Å². The third-order valence-electron chi connectivity index (χ3n) is 6.08. The van der Waals surface area contributed by atoms with Gasteiger partial charge in [-0.25, -0.2) is 4.39 Å². The molecule has 1 atom stereocenters. The first-order valence-corrected chi connectivity index (χ1v) is 11.9. The molecule has 3 rings (SSSR count). The highest BCUT2D eigenvalue weighted by Gasteiger charge is 2.27. The van der Waals surface area contributed by atoms with Crippen molar-refractivity contribution >= 4 is 12.8 Å². The van der Waals surface area contributed by atoms with E-state index in [0.717, 1.165) is 32.1 Å². The lowest BCUT2D eigenvalue weighted by molar-refractivity contribution is 0.226. The van der Waals surface area contributed by atoms with Crippen LogP contribution in [-0.2, 0) is 4.57 Å². The van der Waals surface area contributed by atoms with Gasteiger partial charge < -0.3 is 14.8 Å². The molecule has 0 bridgehead atoms. The van der Waals surface area contributed by atoms with E-state index in [9.17, 15) is 18.2 Å². The smallest absolute Gasteiger partial charge is 0.319 e. The van der Waals surface area contributed by atoms with Crippen molar-refractivity contribution in [1.29, 1.82) is 0 Å². The molecule has 0 aromatic heterocycles. The molecule has 1 aliphatic carbocycles. The molecule has 5 nitrogen and oxygen atoms in total. The van der Waals surface area contributed by atoms with Crippen molar-refractivity contribution in [3.8, 4) is 11.5 Å². The van der Waals surface area contributed by atoms with E-state index in [-0.39, 0.29) is 22.7 Å². The van der Waals surface area contributed by atoms with Gasteiger partial charge in [0.1, 0.15) is 5.75 Å². The molecule has 2 aromatic carbocycles. The Labute approximate surface area is 175 Å². The molecular formula is C22H28F2NO4P. The van der Waals surface area contributed by atoms with Gasteiger partial charge in [-0.3, -0.25) is 4.57 Å². The quantitative estimate of drug-likeness (QED) is 0.389. The van der Waals surface area contributed by atoms with Crippen LogP contribution in [0.25, 0.3) is 0 Å². The van der Waals surface area contributed by atoms with Gasteiger partial charge in [-0.15, -0.1) is 5.25 Å². The van der Waals surface area contributed by atoms with E-state index >= 15 is 0 Å². The van der Waals surface area contributed by atoms with E-state index in [0.29, 0.717) is 22.6 Å². The highest BCUT2D eigenvalue weighted by Crippen LogP contribution is 2.41. The average molecular weight is 439 g/mol. The van der Waals surface area contributed by atoms with Crippen LogP contribution in [0.5, 0.6) is 11.5 Å². The van der Waals surface area contributed by atoms with Gasteiger partial charge in [0, 0.05) is 0 Å². The number of benzene rings is 2. The van der Waals surface area contributed by atoms with Crippen molar-refractivity contribution in [2.75, 3.05) is 0 Å². The fourth-order valence-electron chi connectivity index (χ4n) is 4.25. The maximum absolute atomic E-state index is 14.8. The van der Waals surface area contributed by atoms with Crippen LogP contribution in [0.4, 0.5) is 8.78 Å². The first kappa shape index (κ1) is 22.9. The molecule has 1 aliphatic rings. The second-order valence-electron chi connectivity index (χ2n) is 8.09. The lowest BCUT2D eigenvalue weighted by Gasteiger charge is -2.28. The van der Waals surface area contributed by atoms with Crippen LogP contribution in [-0.4, -0.2) is 10.1 Å². The second-order valence-corrected chi connectivity index (χ2v) is 9.96. The Morgan fingerprint density at radius 1 is 1.10 bits per heavy atom. The molecule has 0 radical (unpaired) electrons. The number of hydrogen-bond acceptors (Lipinski definition) is 3. The van der Waals surface area contributed by atoms with E-state index in [1.54, 1.807) is 19.9 Å². The van der Waals surface area contributed by atoms with Gasteiger partial charge in [-0.1, -0.05) is 19.4 Å². The van der Waals surface area contributed by atoms with Crippen molar-refractivity contribution in [3.05, 3.63) is 52.6 Å². The van der Waals surface area contributed by atoms with Crippen LogP contribution in [0.15, 0.2) is 24.3 Å². The van der Waals surface area contributed by atoms with Crippen molar-refractivity contribution in [2.45, 2.75) is 58.8 Å². The van der Waals surface area contributed by atoms with Crippen molar-refractivity contribution in [3.63, 3.8) is 0 Å². The largest absolute Gasteiger partial charge is 0.454 e. The number of ether oxygens (including phenoxy) is 1. The third-order valence-corrected chi connectivity index (χ3v) is 7.31. The number of hydrogen-bond donors (Lipinski definition) is 3. The molecule has 3 N–H and O–H groups in total. The van der Waals surface area contributed by atoms with Gasteiger partial charge >= 0.3 is 7.52 Å². The summed E-state index contributed by atoms with van der Waals surface area (Å²) in [4.78, 5) is 9.74. The van der Waals surface area contributed by atoms with Gasteiger partial charge in [0.05, 0.1) is 5.30 Å². The summed E-state index contributed by atoms with van der Waals surface area (Å²) in [6.07, 6.45) is 4.89. The SMILES string of the molecule is CCC1CCC(c2ccc(Oc3c(C)cc(P(=O)(O)NO)cc3C)c(F)c2F)CC1. The zero-order chi connectivity index (χ0) is 22.1. The topological polar surface area (TPSA) is 78.8 Å². The fraction of sp³-hybridized carbons (Fsp3) is 0.455. The van der Waals surface area contributed by atoms with Crippen molar-refractivity contribution < 1.29 is 28.2 Å². The van der Waals surface area contributed by atoms with Gasteiger partial charge in [0.25, 0.3) is 0 Å². The molecule has 0 amide bonds. The van der Waals surface area contributed by atoms with Gasteiger partial charge in [0.2, 0.25) is 5.82 Å². The molecule has 0 spiro atoms. The summed E-state index contributed by atoms with van der Waals surface area (Å²) in [5.41, 5.74) is 1.31. The van der Waals surface area contributed by atoms with Gasteiger partial charge in [-0.2, -0.15) is 4.39 Å². The summed E-state index contributed by atoms with van der Waals surface area (Å²) in [5, 5.41) is 10.3. The lowest BCUT2D eigenvalue weighted by atomic mass is 9.77. The highest BCUT2D eigenvalue weighted by molar-refractivity contribution is 7.63. The number of rotatable bonds is 6. The van der Waals surface area contributed by atoms with Crippen LogP contribution < -0.4 is 15.3 Å². The third kappa shape index (κ3) is 4.59. The Hall–Kier alpha value is -1.79. The second kappa shape index (κ2) is 9.15. The molecule has 2 aromatic rings. The molecule has 0 saturated heterocycles. The van der Waals surface area contributed by atoms with Crippen molar-refractivity contribution in [2.24, 2.45) is 5.92 Å². The maximum atomic E-state index is 14.8. The standard InChI is InChI=1S/C22H28F2NO4P/c1-4-15-5-7-16(8-6-15)18-9-10-19(21(24)20(18)23)29-22-13(2)11-17(12-14(22)3)30(27,28)25-26/h9-12,15-16,26H,4-8H2,1-3H3,(H2,25,27,28). The molecular weight excluding hydrogens is 411 g/mol. The van der Waals surface area contributed by atoms with E-state index in [4.69, 9.17) is 9.94 Å². The van der Waals surface area contributed by atoms with Crippen LogP contribution in [0.3, 0.4) is 0 Å². The minimum absolute atomic E-state index is 0.0166. The monoisotopic (exact) mass is 439 g/mol. The molecule has 1 fully saturated rings. The summed E-state index contributed by atoms with van der Waals surface area (Å²) in [7, 11) is -4.11. The van der Waals surface area contributed by atoms with Crippen LogP contribution in [0.1, 0.15) is 61.6 Å². The first-order valence-electron chi connectivity index (χ1n) is 10.2. The summed E-state index contributed by atoms with van der Waals surface area (Å²) in [5.74, 6) is -1.18. The molecule has 0 heterocycles. The molecule has 0 aliphatic heterocycles. The lowest BCUT2D eigenvalue weighted by Crippen LogP contribution is -2.17. The Balaban J connectivity index is 1.86. The Morgan fingerprint density at radius 2 is 1.70 bits per heavy atom. The normalized spacial score (nSPS) is 21.3. The average Bonchev–Trinajstić information content (AvgIpc) is 2.73. The first-order chi connectivity index (χ1) is 14.2. The van der Waals surface area contributed by atoms with Crippen LogP contribution in [0, 0.1) is 31.4 Å².